The van der Waals surface area contributed by atoms with E-state index in [4.69, 9.17) is 9.47 Å². The molecule has 4 nitrogen and oxygen atoms in total. The molecule has 0 amide bonds. The van der Waals surface area contributed by atoms with E-state index in [-0.39, 0.29) is 10.8 Å². The summed E-state index contributed by atoms with van der Waals surface area (Å²) in [6.45, 7) is 10.4. The molecule has 27 heavy (non-hydrogen) atoms. The molecule has 0 aromatic heterocycles. The zero-order chi connectivity index (χ0) is 20.0. The lowest BCUT2D eigenvalue weighted by Gasteiger charge is -2.33. The summed E-state index contributed by atoms with van der Waals surface area (Å²) in [4.78, 5) is 0. The topological polar surface area (TPSA) is 41.5 Å². The second kappa shape index (κ2) is 9.47. The monoisotopic (exact) mass is 371 g/mol. The first-order chi connectivity index (χ1) is 12.7. The Morgan fingerprint density at radius 3 is 1.63 bits per heavy atom. The number of benzene rings is 2. The lowest BCUT2D eigenvalue weighted by Crippen LogP contribution is -2.35. The Balaban J connectivity index is 2.17. The van der Waals surface area contributed by atoms with E-state index in [1.54, 1.807) is 14.1 Å². The van der Waals surface area contributed by atoms with E-state index in [9.17, 15) is 5.21 Å². The molecule has 0 bridgehead atoms. The number of rotatable bonds is 9. The summed E-state index contributed by atoms with van der Waals surface area (Å²) >= 11 is 0. The molecule has 0 atom stereocenters. The van der Waals surface area contributed by atoms with Gasteiger partial charge in [-0.05, 0) is 61.1 Å². The van der Waals surface area contributed by atoms with Crippen LogP contribution in [0.25, 0.3) is 0 Å². The van der Waals surface area contributed by atoms with E-state index in [2.05, 4.69) is 64.1 Å². The second-order valence-electron chi connectivity index (χ2n) is 7.77. The van der Waals surface area contributed by atoms with Crippen LogP contribution in [-0.4, -0.2) is 45.1 Å². The van der Waals surface area contributed by atoms with Crippen LogP contribution in [0.3, 0.4) is 0 Å². The summed E-state index contributed by atoms with van der Waals surface area (Å²) in [5.74, 6) is 0. The number of likely N-dealkylation sites (N-methyl/N-ethyl adjacent to an activating group) is 1. The van der Waals surface area contributed by atoms with Crippen molar-refractivity contribution in [3.8, 4) is 0 Å². The van der Waals surface area contributed by atoms with Crippen molar-refractivity contribution in [3.63, 3.8) is 0 Å². The van der Waals surface area contributed by atoms with Gasteiger partial charge in [0.25, 0.3) is 0 Å². The van der Waals surface area contributed by atoms with Gasteiger partial charge < -0.3 is 19.3 Å². The number of nitrogens with zero attached hydrogens (tertiary/aromatic N) is 1. The van der Waals surface area contributed by atoms with Crippen LogP contribution < -0.4 is 0 Å². The average Bonchev–Trinajstić information content (AvgIpc) is 2.56. The molecular formula is C23H33NO3. The van der Waals surface area contributed by atoms with Crippen molar-refractivity contribution >= 4 is 0 Å². The molecular weight excluding hydrogens is 338 g/mol. The highest BCUT2D eigenvalue weighted by molar-refractivity contribution is 5.46. The Kier molecular flexibility index (Phi) is 7.57. The number of ether oxygens (including phenoxy) is 2. The van der Waals surface area contributed by atoms with Gasteiger partial charge in [-0.15, -0.1) is 0 Å². The Morgan fingerprint density at radius 2 is 1.22 bits per heavy atom. The maximum atomic E-state index is 11.6. The van der Waals surface area contributed by atoms with E-state index in [0.717, 1.165) is 0 Å². The summed E-state index contributed by atoms with van der Waals surface area (Å²) in [5, 5.41) is 11.6. The molecule has 0 saturated heterocycles. The number of quaternary nitrogens is 1. The third-order valence-corrected chi connectivity index (χ3v) is 4.89. The fourth-order valence-corrected chi connectivity index (χ4v) is 3.40. The van der Waals surface area contributed by atoms with Gasteiger partial charge in [0.2, 0.25) is 0 Å². The van der Waals surface area contributed by atoms with Crippen molar-refractivity contribution in [1.82, 2.24) is 0 Å². The number of hydroxylamine groups is 3. The molecule has 0 heterocycles. The fourth-order valence-electron chi connectivity index (χ4n) is 3.40. The first-order valence-electron chi connectivity index (χ1n) is 9.56. The van der Waals surface area contributed by atoms with Gasteiger partial charge in [0.1, 0.15) is 12.6 Å². The van der Waals surface area contributed by atoms with E-state index in [1.807, 2.05) is 0 Å². The van der Waals surface area contributed by atoms with Crippen molar-refractivity contribution in [2.75, 3.05) is 40.5 Å². The molecule has 0 unspecified atom stereocenters. The zero-order valence-corrected chi connectivity index (χ0v) is 17.5. The van der Waals surface area contributed by atoms with Crippen LogP contribution in [0.5, 0.6) is 0 Å². The highest BCUT2D eigenvalue weighted by atomic mass is 16.6. The van der Waals surface area contributed by atoms with Crippen LogP contribution in [0, 0.1) is 32.9 Å². The Labute approximate surface area is 163 Å². The maximum absolute atomic E-state index is 11.6. The number of hydrogen-bond donors (Lipinski definition) is 0. The summed E-state index contributed by atoms with van der Waals surface area (Å²) < 4.78 is 11.6. The van der Waals surface area contributed by atoms with Gasteiger partial charge in [-0.1, -0.05) is 36.4 Å². The minimum atomic E-state index is -0.339. The Bertz CT molecular complexity index is 658. The molecule has 0 aliphatic rings. The molecule has 2 rings (SSSR count). The zero-order valence-electron chi connectivity index (χ0n) is 17.5. The second-order valence-corrected chi connectivity index (χ2v) is 7.77. The van der Waals surface area contributed by atoms with Gasteiger partial charge >= 0.3 is 0 Å². The van der Waals surface area contributed by atoms with Gasteiger partial charge in [-0.25, -0.2) is 0 Å². The summed E-state index contributed by atoms with van der Waals surface area (Å²) in [5.41, 5.74) is 7.38. The highest BCUT2D eigenvalue weighted by Gasteiger charge is 2.22. The van der Waals surface area contributed by atoms with E-state index >= 15 is 0 Å². The van der Waals surface area contributed by atoms with E-state index in [0.29, 0.717) is 26.4 Å². The van der Waals surface area contributed by atoms with Crippen molar-refractivity contribution in [3.05, 3.63) is 75.0 Å². The SMILES string of the molecule is Cc1cccc(C)c1C(OCCOCC[N+](C)(C)[O-])c1c(C)cccc1C. The van der Waals surface area contributed by atoms with Crippen molar-refractivity contribution in [2.24, 2.45) is 0 Å². The maximum Gasteiger partial charge on any atom is 0.109 e. The standard InChI is InChI=1S/C23H33NO3/c1-17-9-7-10-18(2)21(17)23(22-19(3)11-8-12-20(22)4)27-16-15-26-14-13-24(5,6)25/h7-12,23H,13-16H2,1-6H3. The van der Waals surface area contributed by atoms with E-state index < -0.39 is 0 Å². The third kappa shape index (κ3) is 6.15. The van der Waals surface area contributed by atoms with Crippen LogP contribution in [0.15, 0.2) is 36.4 Å². The first-order valence-corrected chi connectivity index (χ1v) is 9.56. The van der Waals surface area contributed by atoms with Gasteiger partial charge in [-0.2, -0.15) is 0 Å². The fraction of sp³-hybridized carbons (Fsp3) is 0.478. The molecule has 0 fully saturated rings. The van der Waals surface area contributed by atoms with Crippen LogP contribution in [-0.2, 0) is 9.47 Å². The molecule has 2 aromatic carbocycles. The molecule has 148 valence electrons. The largest absolute Gasteiger partial charge is 0.633 e. The smallest absolute Gasteiger partial charge is 0.109 e. The molecule has 4 heteroatoms. The molecule has 2 aromatic rings. The van der Waals surface area contributed by atoms with Gasteiger partial charge in [-0.3, -0.25) is 0 Å². The predicted octanol–water partition coefficient (Wildman–Crippen LogP) is 4.62. The molecule has 0 N–H and O–H groups in total. The first kappa shape index (κ1) is 21.6. The summed E-state index contributed by atoms with van der Waals surface area (Å²) in [6, 6.07) is 12.7. The molecule has 0 radical (unpaired) electrons. The Morgan fingerprint density at radius 1 is 0.778 bits per heavy atom. The van der Waals surface area contributed by atoms with Crippen LogP contribution >= 0.6 is 0 Å². The molecule has 0 spiro atoms. The van der Waals surface area contributed by atoms with Gasteiger partial charge in [0.15, 0.2) is 0 Å². The normalized spacial score (nSPS) is 12.0. The molecule has 0 aliphatic heterocycles. The summed E-state index contributed by atoms with van der Waals surface area (Å²) in [6.07, 6.45) is -0.122. The average molecular weight is 372 g/mol. The molecule has 0 aliphatic carbocycles. The lowest BCUT2D eigenvalue weighted by atomic mass is 9.89. The number of aryl methyl sites for hydroxylation is 4. The van der Waals surface area contributed by atoms with Crippen molar-refractivity contribution in [2.45, 2.75) is 33.8 Å². The van der Waals surface area contributed by atoms with Gasteiger partial charge in [0.05, 0.1) is 33.9 Å². The Hall–Kier alpha value is -1.72. The minimum absolute atomic E-state index is 0.122. The van der Waals surface area contributed by atoms with Crippen molar-refractivity contribution in [1.29, 1.82) is 0 Å². The number of hydrogen-bond acceptors (Lipinski definition) is 3. The van der Waals surface area contributed by atoms with Crippen LogP contribution in [0.2, 0.25) is 0 Å². The van der Waals surface area contributed by atoms with Crippen LogP contribution in [0.4, 0.5) is 0 Å². The minimum Gasteiger partial charge on any atom is -0.633 e. The molecule has 0 saturated carbocycles. The van der Waals surface area contributed by atoms with Crippen molar-refractivity contribution < 1.29 is 14.1 Å². The van der Waals surface area contributed by atoms with E-state index in [1.165, 1.54) is 33.4 Å². The van der Waals surface area contributed by atoms with Gasteiger partial charge in [0, 0.05) is 0 Å². The highest BCUT2D eigenvalue weighted by Crippen LogP contribution is 2.34. The predicted molar refractivity (Wildman–Crippen MR) is 111 cm³/mol. The van der Waals surface area contributed by atoms with Crippen LogP contribution in [0.1, 0.15) is 39.5 Å². The third-order valence-electron chi connectivity index (χ3n) is 4.89. The quantitative estimate of drug-likeness (QED) is 0.367. The lowest BCUT2D eigenvalue weighted by molar-refractivity contribution is -0.840. The summed E-state index contributed by atoms with van der Waals surface area (Å²) in [7, 11) is 3.25.